The molecule has 0 saturated carbocycles. The minimum atomic E-state index is 0.0983. The molecule has 3 nitrogen and oxygen atoms in total. The number of fused-ring (bicyclic) bond motifs is 2. The lowest BCUT2D eigenvalue weighted by Crippen LogP contribution is -2.30. The van der Waals surface area contributed by atoms with E-state index in [-0.39, 0.29) is 6.10 Å². The Morgan fingerprint density at radius 1 is 0.900 bits per heavy atom. The highest BCUT2D eigenvalue weighted by molar-refractivity contribution is 5.83. The summed E-state index contributed by atoms with van der Waals surface area (Å²) < 4.78 is 6.29. The van der Waals surface area contributed by atoms with Crippen LogP contribution in [-0.2, 0) is 19.5 Å². The van der Waals surface area contributed by atoms with Crippen molar-refractivity contribution >= 4 is 10.9 Å². The highest BCUT2D eigenvalue weighted by Gasteiger charge is 2.22. The van der Waals surface area contributed by atoms with Gasteiger partial charge in [-0.2, -0.15) is 0 Å². The molecule has 0 fully saturated rings. The van der Waals surface area contributed by atoms with E-state index in [1.54, 1.807) is 0 Å². The summed E-state index contributed by atoms with van der Waals surface area (Å²) >= 11 is 0. The van der Waals surface area contributed by atoms with E-state index in [2.05, 4.69) is 96.8 Å². The zero-order valence-corrected chi connectivity index (χ0v) is 17.3. The molecule has 0 aliphatic carbocycles. The minimum Gasteiger partial charge on any atom is -0.473 e. The molecule has 1 aromatic heterocycles. The number of rotatable bonds is 4. The number of benzene rings is 3. The molecule has 30 heavy (non-hydrogen) atoms. The van der Waals surface area contributed by atoms with Crippen molar-refractivity contribution in [2.75, 3.05) is 6.54 Å². The van der Waals surface area contributed by atoms with Crippen molar-refractivity contribution < 1.29 is 4.74 Å². The molecule has 2 heterocycles. The van der Waals surface area contributed by atoms with Gasteiger partial charge in [-0.1, -0.05) is 78.9 Å². The average molecular weight is 395 g/mol. The first-order chi connectivity index (χ1) is 14.7. The van der Waals surface area contributed by atoms with Crippen molar-refractivity contribution in [1.82, 2.24) is 9.88 Å². The van der Waals surface area contributed by atoms with E-state index >= 15 is 0 Å². The Balaban J connectivity index is 1.48. The van der Waals surface area contributed by atoms with Crippen LogP contribution in [0.3, 0.4) is 0 Å². The van der Waals surface area contributed by atoms with E-state index in [1.165, 1.54) is 27.6 Å². The highest BCUT2D eigenvalue weighted by Crippen LogP contribution is 2.30. The SMILES string of the molecule is C[C@@H]1CN(Cc2ccccc2)Cc2cc3cccc(Cc4ccccc4)c3nc2O1. The van der Waals surface area contributed by atoms with Crippen LogP contribution in [0.1, 0.15) is 29.2 Å². The van der Waals surface area contributed by atoms with Crippen molar-refractivity contribution in [3.63, 3.8) is 0 Å². The molecule has 5 rings (SSSR count). The molecule has 150 valence electrons. The summed E-state index contributed by atoms with van der Waals surface area (Å²) in [5.41, 5.74) is 6.07. The van der Waals surface area contributed by atoms with Gasteiger partial charge in [0.05, 0.1) is 5.52 Å². The van der Waals surface area contributed by atoms with Gasteiger partial charge >= 0.3 is 0 Å². The molecule has 3 aromatic carbocycles. The van der Waals surface area contributed by atoms with Gasteiger partial charge < -0.3 is 4.74 Å². The van der Waals surface area contributed by atoms with Crippen LogP contribution in [0.15, 0.2) is 84.9 Å². The maximum absolute atomic E-state index is 6.29. The lowest BCUT2D eigenvalue weighted by atomic mass is 10.0. The van der Waals surface area contributed by atoms with Crippen LogP contribution in [0.4, 0.5) is 0 Å². The number of para-hydroxylation sites is 1. The van der Waals surface area contributed by atoms with E-state index in [0.29, 0.717) is 0 Å². The number of ether oxygens (including phenoxy) is 1. The lowest BCUT2D eigenvalue weighted by Gasteiger charge is -2.21. The maximum Gasteiger partial charge on any atom is 0.218 e. The van der Waals surface area contributed by atoms with Crippen LogP contribution in [0.5, 0.6) is 5.88 Å². The van der Waals surface area contributed by atoms with E-state index < -0.39 is 0 Å². The fourth-order valence-corrected chi connectivity index (χ4v) is 4.32. The van der Waals surface area contributed by atoms with Crippen LogP contribution >= 0.6 is 0 Å². The van der Waals surface area contributed by atoms with Crippen molar-refractivity contribution in [3.05, 3.63) is 107 Å². The summed E-state index contributed by atoms with van der Waals surface area (Å²) in [5, 5.41) is 1.18. The Labute approximate surface area is 178 Å². The zero-order valence-electron chi connectivity index (χ0n) is 17.3. The van der Waals surface area contributed by atoms with Crippen LogP contribution in [0.2, 0.25) is 0 Å². The Morgan fingerprint density at radius 3 is 2.40 bits per heavy atom. The van der Waals surface area contributed by atoms with Crippen molar-refractivity contribution in [2.45, 2.75) is 32.5 Å². The summed E-state index contributed by atoms with van der Waals surface area (Å²) in [6, 6.07) is 30.0. The number of hydrogen-bond donors (Lipinski definition) is 0. The molecule has 0 amide bonds. The summed E-state index contributed by atoms with van der Waals surface area (Å²) in [4.78, 5) is 7.47. The van der Waals surface area contributed by atoms with Gasteiger partial charge in [-0.05, 0) is 36.1 Å². The second kappa shape index (κ2) is 8.29. The second-order valence-corrected chi connectivity index (χ2v) is 8.19. The Hall–Kier alpha value is -3.17. The standard InChI is InChI=1S/C27H26N2O/c1-20-17-29(18-22-11-6-3-7-12-22)19-25-16-24-14-8-13-23(26(24)28-27(25)30-20)15-21-9-4-2-5-10-21/h2-14,16,20H,15,17-19H2,1H3/t20-/m1/s1. The Kier molecular flexibility index (Phi) is 5.20. The van der Waals surface area contributed by atoms with E-state index in [1.807, 2.05) is 0 Å². The second-order valence-electron chi connectivity index (χ2n) is 8.19. The van der Waals surface area contributed by atoms with E-state index in [4.69, 9.17) is 9.72 Å². The number of hydrogen-bond acceptors (Lipinski definition) is 3. The average Bonchev–Trinajstić information content (AvgIpc) is 2.91. The molecular formula is C27H26N2O. The monoisotopic (exact) mass is 394 g/mol. The Morgan fingerprint density at radius 2 is 1.63 bits per heavy atom. The van der Waals surface area contributed by atoms with Crippen molar-refractivity contribution in [1.29, 1.82) is 0 Å². The normalized spacial score (nSPS) is 16.6. The molecule has 4 aromatic rings. The van der Waals surface area contributed by atoms with Crippen molar-refractivity contribution in [2.24, 2.45) is 0 Å². The van der Waals surface area contributed by atoms with E-state index in [0.717, 1.165) is 37.5 Å². The van der Waals surface area contributed by atoms with Gasteiger partial charge in [0.15, 0.2) is 0 Å². The molecule has 0 saturated heterocycles. The van der Waals surface area contributed by atoms with Gasteiger partial charge in [0.25, 0.3) is 0 Å². The van der Waals surface area contributed by atoms with Gasteiger partial charge in [-0.25, -0.2) is 4.98 Å². The quantitative estimate of drug-likeness (QED) is 0.450. The highest BCUT2D eigenvalue weighted by atomic mass is 16.5. The van der Waals surface area contributed by atoms with Crippen LogP contribution in [0.25, 0.3) is 10.9 Å². The molecule has 1 aliphatic rings. The molecule has 1 atom stereocenters. The summed E-state index contributed by atoms with van der Waals surface area (Å²) in [5.74, 6) is 0.783. The van der Waals surface area contributed by atoms with Crippen molar-refractivity contribution in [3.8, 4) is 5.88 Å². The number of aromatic nitrogens is 1. The molecule has 1 aliphatic heterocycles. The fourth-order valence-electron chi connectivity index (χ4n) is 4.32. The zero-order chi connectivity index (χ0) is 20.3. The largest absolute Gasteiger partial charge is 0.473 e. The van der Waals surface area contributed by atoms with E-state index in [9.17, 15) is 0 Å². The first-order valence-electron chi connectivity index (χ1n) is 10.6. The third-order valence-corrected chi connectivity index (χ3v) is 5.68. The number of pyridine rings is 1. The first kappa shape index (κ1) is 18.8. The summed E-state index contributed by atoms with van der Waals surface area (Å²) in [7, 11) is 0. The third-order valence-electron chi connectivity index (χ3n) is 5.68. The van der Waals surface area contributed by atoms with Gasteiger partial charge in [-0.3, -0.25) is 4.90 Å². The Bertz CT molecular complexity index is 1140. The maximum atomic E-state index is 6.29. The molecule has 0 bridgehead atoms. The lowest BCUT2D eigenvalue weighted by molar-refractivity contribution is 0.153. The molecule has 0 N–H and O–H groups in total. The topological polar surface area (TPSA) is 25.4 Å². The molecule has 3 heteroatoms. The van der Waals surface area contributed by atoms with Gasteiger partial charge in [0.1, 0.15) is 6.10 Å². The predicted molar refractivity (Wildman–Crippen MR) is 122 cm³/mol. The molecule has 0 radical (unpaired) electrons. The predicted octanol–water partition coefficient (Wildman–Crippen LogP) is 5.61. The van der Waals surface area contributed by atoms with Crippen LogP contribution in [0, 0.1) is 0 Å². The number of nitrogens with zero attached hydrogens (tertiary/aromatic N) is 2. The summed E-state index contributed by atoms with van der Waals surface area (Å²) in [6.45, 7) is 4.79. The smallest absolute Gasteiger partial charge is 0.218 e. The first-order valence-corrected chi connectivity index (χ1v) is 10.6. The third kappa shape index (κ3) is 4.07. The minimum absolute atomic E-state index is 0.0983. The molecular weight excluding hydrogens is 368 g/mol. The van der Waals surface area contributed by atoms with Crippen LogP contribution < -0.4 is 4.74 Å². The molecule has 0 unspecified atom stereocenters. The van der Waals surface area contributed by atoms with Gasteiger partial charge in [-0.15, -0.1) is 0 Å². The van der Waals surface area contributed by atoms with Gasteiger partial charge in [0, 0.05) is 30.6 Å². The van der Waals surface area contributed by atoms with Crippen LogP contribution in [-0.4, -0.2) is 22.5 Å². The fraction of sp³-hybridized carbons (Fsp3) is 0.222. The van der Waals surface area contributed by atoms with Gasteiger partial charge in [0.2, 0.25) is 5.88 Å². The molecule has 0 spiro atoms. The summed E-state index contributed by atoms with van der Waals surface area (Å²) in [6.07, 6.45) is 0.973.